The van der Waals surface area contributed by atoms with Crippen LogP contribution in [0.15, 0.2) is 53.1 Å². The Kier molecular flexibility index (Phi) is 4.26. The van der Waals surface area contributed by atoms with Gasteiger partial charge in [-0.05, 0) is 74.6 Å². The van der Waals surface area contributed by atoms with Gasteiger partial charge in [-0.1, -0.05) is 37.3 Å². The van der Waals surface area contributed by atoms with Gasteiger partial charge >= 0.3 is 0 Å². The Balaban J connectivity index is 1.54. The molecule has 0 spiro atoms. The van der Waals surface area contributed by atoms with Crippen molar-refractivity contribution in [2.45, 2.75) is 50.5 Å². The van der Waals surface area contributed by atoms with E-state index < -0.39 is 0 Å². The van der Waals surface area contributed by atoms with E-state index in [0.717, 1.165) is 29.9 Å². The van der Waals surface area contributed by atoms with Gasteiger partial charge in [-0.2, -0.15) is 0 Å². The lowest BCUT2D eigenvalue weighted by atomic mass is 9.84. The summed E-state index contributed by atoms with van der Waals surface area (Å²) in [7, 11) is 2.31. The Hall–Kier alpha value is -1.54. The minimum absolute atomic E-state index is 0.0558. The summed E-state index contributed by atoms with van der Waals surface area (Å²) >= 11 is 0. The fraction of sp³-hybridized carbons (Fsp3) is 0.545. The highest BCUT2D eigenvalue weighted by Gasteiger charge is 2.48. The number of furan rings is 1. The van der Waals surface area contributed by atoms with Crippen molar-refractivity contribution in [2.75, 3.05) is 13.6 Å². The van der Waals surface area contributed by atoms with Crippen LogP contribution < -0.4 is 0 Å². The van der Waals surface area contributed by atoms with Gasteiger partial charge in [0, 0.05) is 6.54 Å². The van der Waals surface area contributed by atoms with Crippen LogP contribution in [0.5, 0.6) is 0 Å². The second-order valence-corrected chi connectivity index (χ2v) is 7.90. The third kappa shape index (κ3) is 3.04. The topological polar surface area (TPSA) is 16.4 Å². The minimum atomic E-state index is 0.0558. The van der Waals surface area contributed by atoms with Crippen molar-refractivity contribution in [2.24, 2.45) is 11.8 Å². The van der Waals surface area contributed by atoms with Gasteiger partial charge in [0.2, 0.25) is 0 Å². The fourth-order valence-electron chi connectivity index (χ4n) is 4.45. The Morgan fingerprint density at radius 2 is 1.92 bits per heavy atom. The van der Waals surface area contributed by atoms with Gasteiger partial charge in [0.15, 0.2) is 0 Å². The summed E-state index contributed by atoms with van der Waals surface area (Å²) in [5.41, 5.74) is 1.57. The van der Waals surface area contributed by atoms with Crippen molar-refractivity contribution in [3.8, 4) is 0 Å². The molecule has 0 N–H and O–H groups in total. The van der Waals surface area contributed by atoms with Gasteiger partial charge in [0.05, 0.1) is 11.8 Å². The maximum absolute atomic E-state index is 5.94. The van der Waals surface area contributed by atoms with Gasteiger partial charge < -0.3 is 4.42 Å². The monoisotopic (exact) mass is 323 g/mol. The second-order valence-electron chi connectivity index (χ2n) is 7.90. The van der Waals surface area contributed by atoms with Gasteiger partial charge in [0.1, 0.15) is 5.76 Å². The van der Waals surface area contributed by atoms with Crippen LogP contribution in [0.4, 0.5) is 0 Å². The molecule has 3 atom stereocenters. The molecule has 24 heavy (non-hydrogen) atoms. The molecule has 2 aromatic rings. The van der Waals surface area contributed by atoms with Gasteiger partial charge in [-0.3, -0.25) is 4.90 Å². The van der Waals surface area contributed by atoms with Crippen molar-refractivity contribution in [1.82, 2.24) is 4.90 Å². The van der Waals surface area contributed by atoms with Crippen molar-refractivity contribution in [3.05, 3.63) is 60.1 Å². The van der Waals surface area contributed by atoms with Crippen molar-refractivity contribution in [1.29, 1.82) is 0 Å². The molecule has 2 heteroatoms. The van der Waals surface area contributed by atoms with E-state index >= 15 is 0 Å². The SMILES string of the molecule is CCC(C[C@@H]1C[C@H]1c1ccccc1)(c1ccco1)N(C)CC1CC1. The predicted octanol–water partition coefficient (Wildman–Crippen LogP) is 5.42. The fourth-order valence-corrected chi connectivity index (χ4v) is 4.45. The van der Waals surface area contributed by atoms with E-state index in [0.29, 0.717) is 0 Å². The Bertz CT molecular complexity index is 646. The van der Waals surface area contributed by atoms with Crippen LogP contribution >= 0.6 is 0 Å². The highest BCUT2D eigenvalue weighted by Crippen LogP contribution is 2.55. The van der Waals surface area contributed by atoms with Crippen LogP contribution in [-0.4, -0.2) is 18.5 Å². The maximum atomic E-state index is 5.94. The van der Waals surface area contributed by atoms with Crippen LogP contribution in [-0.2, 0) is 5.54 Å². The molecular formula is C22H29NO. The third-order valence-electron chi connectivity index (χ3n) is 6.27. The van der Waals surface area contributed by atoms with E-state index in [1.807, 2.05) is 12.3 Å². The van der Waals surface area contributed by atoms with Crippen molar-refractivity contribution < 1.29 is 4.42 Å². The van der Waals surface area contributed by atoms with E-state index in [4.69, 9.17) is 4.42 Å². The maximum Gasteiger partial charge on any atom is 0.124 e. The lowest BCUT2D eigenvalue weighted by Crippen LogP contribution is -2.44. The van der Waals surface area contributed by atoms with E-state index in [1.54, 1.807) is 0 Å². The molecule has 1 aromatic carbocycles. The summed E-state index contributed by atoms with van der Waals surface area (Å²) in [6.07, 6.45) is 8.29. The lowest BCUT2D eigenvalue weighted by molar-refractivity contribution is 0.0655. The molecule has 1 unspecified atom stereocenters. The molecule has 2 aliphatic rings. The Labute approximate surface area is 145 Å². The van der Waals surface area contributed by atoms with E-state index in [9.17, 15) is 0 Å². The van der Waals surface area contributed by atoms with Crippen LogP contribution in [0, 0.1) is 11.8 Å². The Morgan fingerprint density at radius 1 is 1.12 bits per heavy atom. The smallest absolute Gasteiger partial charge is 0.124 e. The van der Waals surface area contributed by atoms with Crippen LogP contribution in [0.3, 0.4) is 0 Å². The molecule has 2 nitrogen and oxygen atoms in total. The standard InChI is InChI=1S/C22H29NO/c1-3-22(21-10-7-13-24-21,23(2)16-17-11-12-17)15-19-14-20(19)18-8-5-4-6-9-18/h4-10,13,17,19-20H,3,11-12,14-16H2,1-2H3/t19-,20-,22?/m0/s1. The summed E-state index contributed by atoms with van der Waals surface area (Å²) in [5.74, 6) is 3.58. The van der Waals surface area contributed by atoms with E-state index in [-0.39, 0.29) is 5.54 Å². The molecule has 0 bridgehead atoms. The zero-order chi connectivity index (χ0) is 16.6. The molecule has 2 fully saturated rings. The average Bonchev–Trinajstić information content (AvgIpc) is 3.52. The Morgan fingerprint density at radius 3 is 2.54 bits per heavy atom. The molecule has 1 aromatic heterocycles. The molecule has 4 rings (SSSR count). The van der Waals surface area contributed by atoms with Crippen LogP contribution in [0.1, 0.15) is 56.3 Å². The first-order valence-electron chi connectivity index (χ1n) is 9.53. The van der Waals surface area contributed by atoms with Crippen molar-refractivity contribution >= 4 is 0 Å². The molecule has 0 saturated heterocycles. The van der Waals surface area contributed by atoms with E-state index in [2.05, 4.69) is 55.3 Å². The second kappa shape index (κ2) is 6.40. The summed E-state index contributed by atoms with van der Waals surface area (Å²) in [4.78, 5) is 2.60. The molecule has 0 amide bonds. The first-order chi connectivity index (χ1) is 11.7. The number of hydrogen-bond donors (Lipinski definition) is 0. The van der Waals surface area contributed by atoms with Gasteiger partial charge in [-0.15, -0.1) is 0 Å². The highest BCUT2D eigenvalue weighted by atomic mass is 16.3. The summed E-state index contributed by atoms with van der Waals surface area (Å²) < 4.78 is 5.94. The van der Waals surface area contributed by atoms with Gasteiger partial charge in [-0.25, -0.2) is 0 Å². The molecule has 2 saturated carbocycles. The number of hydrogen-bond acceptors (Lipinski definition) is 2. The van der Waals surface area contributed by atoms with Crippen molar-refractivity contribution in [3.63, 3.8) is 0 Å². The molecule has 0 aliphatic heterocycles. The summed E-state index contributed by atoms with van der Waals surface area (Å²) in [6, 6.07) is 15.3. The molecular weight excluding hydrogens is 294 g/mol. The molecule has 128 valence electrons. The number of nitrogens with zero attached hydrogens (tertiary/aromatic N) is 1. The molecule has 1 heterocycles. The number of benzene rings is 1. The van der Waals surface area contributed by atoms with E-state index in [1.165, 1.54) is 37.8 Å². The zero-order valence-electron chi connectivity index (χ0n) is 14.9. The quantitative estimate of drug-likeness (QED) is 0.645. The molecule has 2 aliphatic carbocycles. The van der Waals surface area contributed by atoms with Gasteiger partial charge in [0.25, 0.3) is 0 Å². The normalized spacial score (nSPS) is 25.6. The molecule has 0 radical (unpaired) electrons. The number of rotatable bonds is 8. The van der Waals surface area contributed by atoms with Crippen LogP contribution in [0.25, 0.3) is 0 Å². The lowest BCUT2D eigenvalue weighted by Gasteiger charge is -2.40. The summed E-state index contributed by atoms with van der Waals surface area (Å²) in [5, 5.41) is 0. The highest BCUT2D eigenvalue weighted by molar-refractivity contribution is 5.27. The zero-order valence-corrected chi connectivity index (χ0v) is 14.9. The minimum Gasteiger partial charge on any atom is -0.467 e. The predicted molar refractivity (Wildman–Crippen MR) is 97.9 cm³/mol. The first-order valence-corrected chi connectivity index (χ1v) is 9.53. The third-order valence-corrected chi connectivity index (χ3v) is 6.27. The largest absolute Gasteiger partial charge is 0.467 e. The summed E-state index contributed by atoms with van der Waals surface area (Å²) in [6.45, 7) is 3.53. The first kappa shape index (κ1) is 16.0. The average molecular weight is 323 g/mol. The van der Waals surface area contributed by atoms with Crippen LogP contribution in [0.2, 0.25) is 0 Å².